The third kappa shape index (κ3) is 4.72. The molecule has 2 aliphatic rings. The van der Waals surface area contributed by atoms with Crippen molar-refractivity contribution in [1.29, 1.82) is 0 Å². The summed E-state index contributed by atoms with van der Waals surface area (Å²) >= 11 is 3.33. The number of nitrogens with zero attached hydrogens (tertiary/aromatic N) is 5. The van der Waals surface area contributed by atoms with Gasteiger partial charge in [-0.15, -0.1) is 0 Å². The maximum atomic E-state index is 12.4. The Morgan fingerprint density at radius 3 is 2.57 bits per heavy atom. The van der Waals surface area contributed by atoms with Crippen molar-refractivity contribution in [3.8, 4) is 6.01 Å². The molecule has 182 valence electrons. The summed E-state index contributed by atoms with van der Waals surface area (Å²) in [5.41, 5.74) is 4.73. The lowest BCUT2D eigenvalue weighted by molar-refractivity contribution is -0.126. The molecule has 3 aromatic rings. The molecule has 0 bridgehead atoms. The smallest absolute Gasteiger partial charge is 0.318 e. The number of carbonyl (C=O) groups is 1. The number of aromatic nitrogens is 2. The Morgan fingerprint density at radius 1 is 1.06 bits per heavy atom. The van der Waals surface area contributed by atoms with Crippen molar-refractivity contribution in [2.45, 2.75) is 19.9 Å². The maximum absolute atomic E-state index is 12.4. The van der Waals surface area contributed by atoms with Gasteiger partial charge < -0.3 is 19.4 Å². The van der Waals surface area contributed by atoms with Gasteiger partial charge in [0.2, 0.25) is 5.91 Å². The standard InChI is InChI=1S/C27H30BrN5O2/c1-19-6-3-7-20-8-4-9-23(25(19)20)33-13-11-21-22(18-33)29-27(35-2)30-26(21)32-16-14-31(15-17-32)24(34)10-5-12-28/h3-10H,11-18H2,1-2H3/b10-5+. The highest BCUT2D eigenvalue weighted by molar-refractivity contribution is 9.09. The fourth-order valence-electron chi connectivity index (χ4n) is 5.11. The number of methoxy groups -OCH3 is 1. The zero-order valence-electron chi connectivity index (χ0n) is 20.2. The first-order valence-corrected chi connectivity index (χ1v) is 13.1. The van der Waals surface area contributed by atoms with Crippen LogP contribution in [-0.2, 0) is 17.8 Å². The first kappa shape index (κ1) is 23.6. The van der Waals surface area contributed by atoms with Gasteiger partial charge in [0.25, 0.3) is 0 Å². The second kappa shape index (κ2) is 10.2. The van der Waals surface area contributed by atoms with Crippen LogP contribution in [0.5, 0.6) is 6.01 Å². The van der Waals surface area contributed by atoms with Gasteiger partial charge in [-0.05, 0) is 36.4 Å². The highest BCUT2D eigenvalue weighted by atomic mass is 79.9. The van der Waals surface area contributed by atoms with Gasteiger partial charge in [0, 0.05) is 54.7 Å². The Balaban J connectivity index is 1.41. The van der Waals surface area contributed by atoms with Gasteiger partial charge in [0.1, 0.15) is 5.82 Å². The molecule has 0 saturated carbocycles. The van der Waals surface area contributed by atoms with E-state index in [1.54, 1.807) is 13.2 Å². The van der Waals surface area contributed by atoms with Gasteiger partial charge in [0.15, 0.2) is 0 Å². The molecular weight excluding hydrogens is 506 g/mol. The van der Waals surface area contributed by atoms with E-state index in [1.165, 1.54) is 27.6 Å². The lowest BCUT2D eigenvalue weighted by Crippen LogP contribution is -2.49. The van der Waals surface area contributed by atoms with Gasteiger partial charge in [-0.3, -0.25) is 4.79 Å². The van der Waals surface area contributed by atoms with Crippen LogP contribution in [0.1, 0.15) is 16.8 Å². The summed E-state index contributed by atoms with van der Waals surface area (Å²) in [5, 5.41) is 3.24. The number of benzene rings is 2. The fraction of sp³-hybridized carbons (Fsp3) is 0.370. The number of anilines is 2. The normalized spacial score (nSPS) is 16.1. The number of allylic oxidation sites excluding steroid dienone is 1. The molecule has 3 heterocycles. The van der Waals surface area contributed by atoms with Crippen LogP contribution >= 0.6 is 15.9 Å². The summed E-state index contributed by atoms with van der Waals surface area (Å²) in [4.78, 5) is 28.5. The molecule has 7 nitrogen and oxygen atoms in total. The second-order valence-electron chi connectivity index (χ2n) is 8.95. The first-order chi connectivity index (χ1) is 17.1. The molecule has 35 heavy (non-hydrogen) atoms. The lowest BCUT2D eigenvalue weighted by atomic mass is 9.99. The van der Waals surface area contributed by atoms with Crippen LogP contribution in [0.4, 0.5) is 11.5 Å². The van der Waals surface area contributed by atoms with Crippen molar-refractivity contribution in [1.82, 2.24) is 14.9 Å². The number of halogens is 1. The Hall–Kier alpha value is -3.13. The average Bonchev–Trinajstić information content (AvgIpc) is 2.90. The van der Waals surface area contributed by atoms with E-state index in [0.717, 1.165) is 37.6 Å². The number of rotatable bonds is 5. The quantitative estimate of drug-likeness (QED) is 0.362. The van der Waals surface area contributed by atoms with Gasteiger partial charge >= 0.3 is 6.01 Å². The minimum Gasteiger partial charge on any atom is -0.467 e. The van der Waals surface area contributed by atoms with E-state index in [4.69, 9.17) is 14.7 Å². The molecular formula is C27H30BrN5O2. The molecule has 1 amide bonds. The van der Waals surface area contributed by atoms with Gasteiger partial charge in [-0.2, -0.15) is 9.97 Å². The molecule has 1 aromatic heterocycles. The molecule has 2 aliphatic heterocycles. The molecule has 1 fully saturated rings. The largest absolute Gasteiger partial charge is 0.467 e. The minimum atomic E-state index is 0.0624. The molecule has 8 heteroatoms. The van der Waals surface area contributed by atoms with Crippen LogP contribution in [0.15, 0.2) is 48.6 Å². The number of ether oxygens (including phenoxy) is 1. The Bertz CT molecular complexity index is 1260. The Labute approximate surface area is 214 Å². The van der Waals surface area contributed by atoms with E-state index in [1.807, 2.05) is 11.0 Å². The van der Waals surface area contributed by atoms with Crippen molar-refractivity contribution in [2.75, 3.05) is 55.0 Å². The number of hydrogen-bond donors (Lipinski definition) is 0. The van der Waals surface area contributed by atoms with E-state index in [2.05, 4.69) is 69.1 Å². The van der Waals surface area contributed by atoms with E-state index in [9.17, 15) is 4.79 Å². The molecule has 0 radical (unpaired) electrons. The highest BCUT2D eigenvalue weighted by Crippen LogP contribution is 2.35. The Morgan fingerprint density at radius 2 is 1.83 bits per heavy atom. The number of hydrogen-bond acceptors (Lipinski definition) is 6. The van der Waals surface area contributed by atoms with Crippen molar-refractivity contribution in [2.24, 2.45) is 0 Å². The van der Waals surface area contributed by atoms with Gasteiger partial charge in [-0.1, -0.05) is 52.3 Å². The summed E-state index contributed by atoms with van der Waals surface area (Å²) in [6.45, 7) is 6.62. The number of piperazine rings is 1. The van der Waals surface area contributed by atoms with Crippen LogP contribution in [0.2, 0.25) is 0 Å². The van der Waals surface area contributed by atoms with Gasteiger partial charge in [0.05, 0.1) is 19.3 Å². The van der Waals surface area contributed by atoms with E-state index in [0.29, 0.717) is 31.0 Å². The monoisotopic (exact) mass is 535 g/mol. The number of carbonyl (C=O) groups excluding carboxylic acids is 1. The number of fused-ring (bicyclic) bond motifs is 2. The predicted octanol–water partition coefficient (Wildman–Crippen LogP) is 4.11. The molecule has 0 unspecified atom stereocenters. The number of amides is 1. The maximum Gasteiger partial charge on any atom is 0.318 e. The third-order valence-electron chi connectivity index (χ3n) is 6.88. The molecule has 0 atom stereocenters. The molecule has 0 N–H and O–H groups in total. The fourth-order valence-corrected chi connectivity index (χ4v) is 5.29. The minimum absolute atomic E-state index is 0.0624. The van der Waals surface area contributed by atoms with Gasteiger partial charge in [-0.25, -0.2) is 0 Å². The van der Waals surface area contributed by atoms with Crippen molar-refractivity contribution < 1.29 is 9.53 Å². The zero-order chi connectivity index (χ0) is 24.4. The highest BCUT2D eigenvalue weighted by Gasteiger charge is 2.28. The summed E-state index contributed by atoms with van der Waals surface area (Å²) in [6.07, 6.45) is 4.34. The van der Waals surface area contributed by atoms with Crippen LogP contribution in [-0.4, -0.2) is 65.9 Å². The van der Waals surface area contributed by atoms with Crippen molar-refractivity contribution in [3.05, 3.63) is 65.4 Å². The number of alkyl halides is 1. The summed E-state index contributed by atoms with van der Waals surface area (Å²) < 4.78 is 5.50. The lowest BCUT2D eigenvalue weighted by Gasteiger charge is -2.38. The molecule has 2 aromatic carbocycles. The molecule has 0 spiro atoms. The second-order valence-corrected chi connectivity index (χ2v) is 9.60. The van der Waals surface area contributed by atoms with E-state index < -0.39 is 0 Å². The summed E-state index contributed by atoms with van der Waals surface area (Å²) in [6, 6.07) is 13.4. The van der Waals surface area contributed by atoms with E-state index >= 15 is 0 Å². The average molecular weight is 536 g/mol. The van der Waals surface area contributed by atoms with E-state index in [-0.39, 0.29) is 5.91 Å². The van der Waals surface area contributed by atoms with Crippen LogP contribution in [0, 0.1) is 6.92 Å². The number of aryl methyl sites for hydroxylation is 1. The SMILES string of the molecule is COc1nc2c(c(N3CCN(C(=O)/C=C/CBr)CC3)n1)CCN(c1cccc3cccc(C)c13)C2. The molecule has 5 rings (SSSR count). The Kier molecular flexibility index (Phi) is 6.90. The zero-order valence-corrected chi connectivity index (χ0v) is 21.8. The van der Waals surface area contributed by atoms with Crippen LogP contribution < -0.4 is 14.5 Å². The third-order valence-corrected chi connectivity index (χ3v) is 7.25. The molecule has 0 aliphatic carbocycles. The summed E-state index contributed by atoms with van der Waals surface area (Å²) in [7, 11) is 1.62. The van der Waals surface area contributed by atoms with Crippen LogP contribution in [0.3, 0.4) is 0 Å². The molecule has 1 saturated heterocycles. The van der Waals surface area contributed by atoms with Crippen molar-refractivity contribution >= 4 is 44.1 Å². The van der Waals surface area contributed by atoms with Crippen molar-refractivity contribution in [3.63, 3.8) is 0 Å². The topological polar surface area (TPSA) is 61.8 Å². The summed E-state index contributed by atoms with van der Waals surface area (Å²) in [5.74, 6) is 1.01. The predicted molar refractivity (Wildman–Crippen MR) is 144 cm³/mol. The van der Waals surface area contributed by atoms with Crippen LogP contribution in [0.25, 0.3) is 10.8 Å². The first-order valence-electron chi connectivity index (χ1n) is 12.0.